The molecule has 0 aromatic heterocycles. The number of aromatic carboxylic acids is 1. The average molecular weight is 228 g/mol. The van der Waals surface area contributed by atoms with Gasteiger partial charge in [0.25, 0.3) is 0 Å². The van der Waals surface area contributed by atoms with Gasteiger partial charge in [-0.1, -0.05) is 0 Å². The van der Waals surface area contributed by atoms with Crippen molar-refractivity contribution in [3.05, 3.63) is 23.5 Å². The van der Waals surface area contributed by atoms with Crippen LogP contribution in [0, 0.1) is 5.82 Å². The topological polar surface area (TPSA) is 99.1 Å². The number of benzene rings is 1. The predicted octanol–water partition coefficient (Wildman–Crippen LogP) is -1.58. The van der Waals surface area contributed by atoms with Crippen LogP contribution in [0.3, 0.4) is 0 Å². The van der Waals surface area contributed by atoms with Crippen molar-refractivity contribution in [2.24, 2.45) is 0 Å². The van der Waals surface area contributed by atoms with Crippen LogP contribution in [0.2, 0.25) is 0 Å². The van der Waals surface area contributed by atoms with E-state index >= 15 is 0 Å². The molecule has 16 heavy (non-hydrogen) atoms. The van der Waals surface area contributed by atoms with E-state index in [0.717, 1.165) is 12.1 Å². The van der Waals surface area contributed by atoms with Gasteiger partial charge in [-0.3, -0.25) is 0 Å². The molecule has 0 spiro atoms. The van der Waals surface area contributed by atoms with Crippen molar-refractivity contribution in [1.29, 1.82) is 0 Å². The minimum atomic E-state index is -3.33. The summed E-state index contributed by atoms with van der Waals surface area (Å²) < 4.78 is 22.5. The summed E-state index contributed by atoms with van der Waals surface area (Å²) >= 11 is 0. The minimum Gasteiger partial charge on any atom is -0.665 e. The molecule has 0 amide bonds. The molecule has 0 bridgehead atoms. The number of rotatable bonds is 1. The molecule has 1 aromatic rings. The molecular weight excluding hydrogens is 222 g/mol. The van der Waals surface area contributed by atoms with Gasteiger partial charge in [0.2, 0.25) is 0 Å². The van der Waals surface area contributed by atoms with Crippen LogP contribution in [0.15, 0.2) is 12.1 Å². The molecular formula is C8H6BFO6-2. The first-order valence-corrected chi connectivity index (χ1v) is 4.37. The van der Waals surface area contributed by atoms with Crippen LogP contribution in [0.5, 0.6) is 11.5 Å². The van der Waals surface area contributed by atoms with Crippen molar-refractivity contribution in [1.82, 2.24) is 0 Å². The Morgan fingerprint density at radius 3 is 2.75 bits per heavy atom. The van der Waals surface area contributed by atoms with E-state index in [1.165, 1.54) is 0 Å². The van der Waals surface area contributed by atoms with Crippen LogP contribution in [-0.4, -0.2) is 29.3 Å². The van der Waals surface area contributed by atoms with E-state index in [9.17, 15) is 14.3 Å². The van der Waals surface area contributed by atoms with E-state index in [1.807, 2.05) is 0 Å². The highest BCUT2D eigenvalue weighted by Crippen LogP contribution is 2.37. The second-order valence-corrected chi connectivity index (χ2v) is 3.33. The molecule has 0 atom stereocenters. The molecule has 2 rings (SSSR count). The van der Waals surface area contributed by atoms with Crippen LogP contribution >= 0.6 is 0 Å². The van der Waals surface area contributed by atoms with Gasteiger partial charge in [0.15, 0.2) is 11.6 Å². The van der Waals surface area contributed by atoms with Crippen molar-refractivity contribution in [3.8, 4) is 11.5 Å². The first kappa shape index (κ1) is 10.7. The van der Waals surface area contributed by atoms with Crippen molar-refractivity contribution in [3.63, 3.8) is 0 Å². The number of hydrogen-bond donors (Lipinski definition) is 2. The molecule has 1 aliphatic heterocycles. The normalized spacial score (nSPS) is 16.9. The maximum absolute atomic E-state index is 13.2. The zero-order valence-electron chi connectivity index (χ0n) is 7.84. The van der Waals surface area contributed by atoms with Gasteiger partial charge in [0.05, 0.1) is 12.5 Å². The highest BCUT2D eigenvalue weighted by molar-refractivity contribution is 6.58. The van der Waals surface area contributed by atoms with Gasteiger partial charge in [0, 0.05) is 5.56 Å². The fraction of sp³-hybridized carbons (Fsp3) is 0.125. The largest absolute Gasteiger partial charge is 0.665 e. The summed E-state index contributed by atoms with van der Waals surface area (Å²) in [6.45, 7) is -4.00. The predicted molar refractivity (Wildman–Crippen MR) is 47.0 cm³/mol. The van der Waals surface area contributed by atoms with E-state index in [2.05, 4.69) is 4.65 Å². The molecule has 6 nitrogen and oxygen atoms in total. The second-order valence-electron chi connectivity index (χ2n) is 3.33. The Kier molecular flexibility index (Phi) is 2.25. The smallest absolute Gasteiger partial charge is 0.467 e. The molecule has 1 aromatic carbocycles. The van der Waals surface area contributed by atoms with Crippen LogP contribution in [0.4, 0.5) is 4.39 Å². The molecule has 0 aliphatic carbocycles. The lowest BCUT2D eigenvalue weighted by Gasteiger charge is -2.37. The van der Waals surface area contributed by atoms with Crippen molar-refractivity contribution >= 4 is 12.7 Å². The third-order valence-corrected chi connectivity index (χ3v) is 2.04. The summed E-state index contributed by atoms with van der Waals surface area (Å²) in [6, 6.07) is 1.76. The lowest BCUT2D eigenvalue weighted by atomic mass is 9.80. The maximum Gasteiger partial charge on any atom is 0.467 e. The Morgan fingerprint density at radius 1 is 1.44 bits per heavy atom. The SMILES string of the molecule is O=C([O-])c1ccc(F)c2c1O[B-](O)(O)CO2. The zero-order valence-corrected chi connectivity index (χ0v) is 7.84. The van der Waals surface area contributed by atoms with Crippen LogP contribution < -0.4 is 14.5 Å². The lowest BCUT2D eigenvalue weighted by Crippen LogP contribution is -2.52. The summed E-state index contributed by atoms with van der Waals surface area (Å²) in [5.74, 6) is -3.53. The number of carboxylic acids is 1. The van der Waals surface area contributed by atoms with Gasteiger partial charge in [-0.25, -0.2) is 4.39 Å². The fourth-order valence-electron chi connectivity index (χ4n) is 1.37. The van der Waals surface area contributed by atoms with Gasteiger partial charge in [-0.05, 0) is 12.1 Å². The summed E-state index contributed by atoms with van der Waals surface area (Å²) in [6.07, 6.45) is 0. The van der Waals surface area contributed by atoms with Gasteiger partial charge >= 0.3 is 6.75 Å². The average Bonchev–Trinajstić information content (AvgIpc) is 2.15. The standard InChI is InChI=1S/C8H7BFO6/c10-5-2-1-4(8(11)12)6-7(5)15-3-9(13,14)16-6/h1-2,13-14H,3H2,(H,11,12)/q-1/p-1. The Morgan fingerprint density at radius 2 is 2.12 bits per heavy atom. The van der Waals surface area contributed by atoms with Gasteiger partial charge in [0.1, 0.15) is 5.75 Å². The van der Waals surface area contributed by atoms with Gasteiger partial charge < -0.3 is 29.3 Å². The fourth-order valence-corrected chi connectivity index (χ4v) is 1.37. The van der Waals surface area contributed by atoms with Gasteiger partial charge in [-0.2, -0.15) is 0 Å². The van der Waals surface area contributed by atoms with E-state index < -0.39 is 42.1 Å². The number of ether oxygens (including phenoxy) is 1. The lowest BCUT2D eigenvalue weighted by molar-refractivity contribution is -0.255. The zero-order chi connectivity index (χ0) is 11.9. The van der Waals surface area contributed by atoms with Crippen molar-refractivity contribution in [2.45, 2.75) is 0 Å². The summed E-state index contributed by atoms with van der Waals surface area (Å²) in [5.41, 5.74) is -0.509. The molecule has 2 N–H and O–H groups in total. The Labute approximate surface area is 88.9 Å². The maximum atomic E-state index is 13.2. The molecule has 0 saturated heterocycles. The molecule has 86 valence electrons. The number of fused-ring (bicyclic) bond motifs is 1. The number of hydrogen-bond acceptors (Lipinski definition) is 6. The van der Waals surface area contributed by atoms with Gasteiger partial charge in [-0.15, -0.1) is 0 Å². The van der Waals surface area contributed by atoms with Crippen molar-refractivity contribution < 1.29 is 33.7 Å². The monoisotopic (exact) mass is 228 g/mol. The number of carboxylic acid groups (broad SMARTS) is 1. The molecule has 1 aliphatic rings. The second kappa shape index (κ2) is 3.36. The first-order chi connectivity index (χ1) is 7.41. The molecule has 0 saturated carbocycles. The Balaban J connectivity index is 2.58. The van der Waals surface area contributed by atoms with E-state index in [1.54, 1.807) is 0 Å². The Bertz CT molecular complexity index is 460. The minimum absolute atomic E-state index is 0.470. The third-order valence-electron chi connectivity index (χ3n) is 2.04. The molecule has 0 fully saturated rings. The molecule has 0 unspecified atom stereocenters. The quantitative estimate of drug-likeness (QED) is 0.563. The summed E-state index contributed by atoms with van der Waals surface area (Å²) in [5, 5.41) is 29.0. The summed E-state index contributed by atoms with van der Waals surface area (Å²) in [7, 11) is 0. The van der Waals surface area contributed by atoms with Crippen molar-refractivity contribution in [2.75, 3.05) is 6.51 Å². The number of carbonyl (C=O) groups is 1. The van der Waals surface area contributed by atoms with E-state index in [0.29, 0.717) is 0 Å². The Hall–Kier alpha value is -1.80. The van der Waals surface area contributed by atoms with E-state index in [-0.39, 0.29) is 0 Å². The van der Waals surface area contributed by atoms with Crippen LogP contribution in [0.1, 0.15) is 10.4 Å². The third kappa shape index (κ3) is 1.68. The highest BCUT2D eigenvalue weighted by Gasteiger charge is 2.33. The summed E-state index contributed by atoms with van der Waals surface area (Å²) in [4.78, 5) is 10.7. The van der Waals surface area contributed by atoms with Crippen LogP contribution in [-0.2, 0) is 0 Å². The first-order valence-electron chi connectivity index (χ1n) is 4.37. The number of halogens is 1. The molecule has 0 radical (unpaired) electrons. The highest BCUT2D eigenvalue weighted by atomic mass is 19.1. The molecule has 8 heteroatoms. The van der Waals surface area contributed by atoms with Crippen LogP contribution in [0.25, 0.3) is 0 Å². The number of carbonyl (C=O) groups excluding carboxylic acids is 1. The molecule has 1 heterocycles. The van der Waals surface area contributed by atoms with E-state index in [4.69, 9.17) is 14.8 Å².